The van der Waals surface area contributed by atoms with E-state index < -0.39 is 5.91 Å². The van der Waals surface area contributed by atoms with Crippen molar-refractivity contribution in [3.8, 4) is 0 Å². The lowest BCUT2D eigenvalue weighted by Crippen LogP contribution is -2.40. The molecule has 0 bridgehead atoms. The molecule has 0 radical (unpaired) electrons. The Kier molecular flexibility index (Phi) is 5.10. The van der Waals surface area contributed by atoms with E-state index in [-0.39, 0.29) is 12.5 Å². The molecule has 5 heteroatoms. The molecule has 0 rings (SSSR count). The highest BCUT2D eigenvalue weighted by Gasteiger charge is 2.01. The van der Waals surface area contributed by atoms with Gasteiger partial charge in [0.25, 0.3) is 5.91 Å². The normalized spacial score (nSPS) is 8.91. The lowest BCUT2D eigenvalue weighted by molar-refractivity contribution is -0.126. The van der Waals surface area contributed by atoms with Crippen LogP contribution in [-0.2, 0) is 9.59 Å². The molecule has 2 amide bonds. The fraction of sp³-hybridized carbons (Fsp3) is 0.667. The van der Waals surface area contributed by atoms with Crippen LogP contribution in [0.4, 0.5) is 0 Å². The van der Waals surface area contributed by atoms with E-state index in [2.05, 4.69) is 5.32 Å². The molecule has 11 heavy (non-hydrogen) atoms. The minimum absolute atomic E-state index is 0.0463. The van der Waals surface area contributed by atoms with Gasteiger partial charge in [0.1, 0.15) is 0 Å². The average molecular weight is 159 g/mol. The zero-order valence-electron chi connectivity index (χ0n) is 6.52. The number of nitrogens with one attached hydrogen (secondary N) is 2. The van der Waals surface area contributed by atoms with Crippen LogP contribution < -0.4 is 16.6 Å². The Morgan fingerprint density at radius 3 is 2.45 bits per heavy atom. The van der Waals surface area contributed by atoms with Gasteiger partial charge in [-0.1, -0.05) is 6.92 Å². The lowest BCUT2D eigenvalue weighted by atomic mass is 10.3. The maximum Gasteiger partial charge on any atom is 0.253 e. The van der Waals surface area contributed by atoms with Crippen LogP contribution in [0.25, 0.3) is 0 Å². The Bertz CT molecular complexity index is 147. The molecular weight excluding hydrogens is 146 g/mol. The minimum Gasteiger partial charge on any atom is -0.347 e. The van der Waals surface area contributed by atoms with Crippen molar-refractivity contribution in [3.05, 3.63) is 0 Å². The van der Waals surface area contributed by atoms with E-state index in [1.165, 1.54) is 0 Å². The predicted molar refractivity (Wildman–Crippen MR) is 40.2 cm³/mol. The van der Waals surface area contributed by atoms with Gasteiger partial charge >= 0.3 is 0 Å². The van der Waals surface area contributed by atoms with Gasteiger partial charge in [-0.15, -0.1) is 0 Å². The Morgan fingerprint density at radius 1 is 1.36 bits per heavy atom. The highest BCUT2D eigenvalue weighted by atomic mass is 16.2. The van der Waals surface area contributed by atoms with Crippen molar-refractivity contribution >= 4 is 11.8 Å². The van der Waals surface area contributed by atoms with E-state index >= 15 is 0 Å². The van der Waals surface area contributed by atoms with Crippen LogP contribution in [0.3, 0.4) is 0 Å². The zero-order chi connectivity index (χ0) is 8.69. The second-order valence-electron chi connectivity index (χ2n) is 2.09. The molecule has 0 atom stereocenters. The topological polar surface area (TPSA) is 84.2 Å². The van der Waals surface area contributed by atoms with Gasteiger partial charge in [0.05, 0.1) is 6.54 Å². The molecule has 0 aliphatic rings. The molecule has 0 heterocycles. The summed E-state index contributed by atoms with van der Waals surface area (Å²) in [7, 11) is 0. The minimum atomic E-state index is -0.394. The van der Waals surface area contributed by atoms with Gasteiger partial charge in [0, 0.05) is 6.42 Å². The van der Waals surface area contributed by atoms with Crippen LogP contribution in [0.15, 0.2) is 0 Å². The first-order valence-corrected chi connectivity index (χ1v) is 3.46. The smallest absolute Gasteiger partial charge is 0.253 e. The highest BCUT2D eigenvalue weighted by Crippen LogP contribution is 1.83. The van der Waals surface area contributed by atoms with E-state index in [9.17, 15) is 9.59 Å². The number of hydrogen-bond donors (Lipinski definition) is 3. The Morgan fingerprint density at radius 2 is 2.00 bits per heavy atom. The van der Waals surface area contributed by atoms with Gasteiger partial charge in [-0.05, 0) is 6.42 Å². The van der Waals surface area contributed by atoms with Gasteiger partial charge in [0.15, 0.2) is 0 Å². The first-order valence-electron chi connectivity index (χ1n) is 3.46. The highest BCUT2D eigenvalue weighted by molar-refractivity contribution is 5.84. The quantitative estimate of drug-likeness (QED) is 0.276. The van der Waals surface area contributed by atoms with Crippen LogP contribution in [0.1, 0.15) is 19.8 Å². The molecular formula is C6H13N3O2. The molecule has 4 N–H and O–H groups in total. The summed E-state index contributed by atoms with van der Waals surface area (Å²) in [5.41, 5.74) is 1.91. The Balaban J connectivity index is 3.38. The molecule has 0 aromatic rings. The predicted octanol–water partition coefficient (Wildman–Crippen LogP) is -1.11. The molecule has 0 aromatic carbocycles. The average Bonchev–Trinajstić information content (AvgIpc) is 2.01. The fourth-order valence-electron chi connectivity index (χ4n) is 0.545. The summed E-state index contributed by atoms with van der Waals surface area (Å²) in [5.74, 6) is 4.26. The molecule has 0 aliphatic carbocycles. The molecule has 0 aliphatic heterocycles. The molecule has 64 valence electrons. The van der Waals surface area contributed by atoms with Gasteiger partial charge in [-0.3, -0.25) is 15.0 Å². The summed E-state index contributed by atoms with van der Waals surface area (Å²) < 4.78 is 0. The largest absolute Gasteiger partial charge is 0.347 e. The number of hydrogen-bond acceptors (Lipinski definition) is 3. The number of hydrazine groups is 1. The fourth-order valence-corrected chi connectivity index (χ4v) is 0.545. The second kappa shape index (κ2) is 5.67. The van der Waals surface area contributed by atoms with Gasteiger partial charge in [-0.25, -0.2) is 5.84 Å². The molecule has 5 nitrogen and oxygen atoms in total. The standard InChI is InChI=1S/C6H13N3O2/c1-2-3-5(10)8-4-6(11)9-7/h2-4,7H2,1H3,(H,8,10)(H,9,11). The van der Waals surface area contributed by atoms with E-state index in [0.29, 0.717) is 6.42 Å². The molecule has 0 saturated heterocycles. The number of rotatable bonds is 4. The molecule has 0 unspecified atom stereocenters. The summed E-state index contributed by atoms with van der Waals surface area (Å²) in [6, 6.07) is 0. The van der Waals surface area contributed by atoms with Crippen LogP contribution in [0, 0.1) is 0 Å². The molecule has 0 spiro atoms. The van der Waals surface area contributed by atoms with E-state index in [4.69, 9.17) is 5.84 Å². The summed E-state index contributed by atoms with van der Waals surface area (Å²) in [6.07, 6.45) is 1.22. The van der Waals surface area contributed by atoms with Gasteiger partial charge in [0.2, 0.25) is 5.91 Å². The van der Waals surface area contributed by atoms with Crippen molar-refractivity contribution < 1.29 is 9.59 Å². The molecule has 0 fully saturated rings. The lowest BCUT2D eigenvalue weighted by Gasteiger charge is -2.01. The van der Waals surface area contributed by atoms with Crippen LogP contribution in [0.2, 0.25) is 0 Å². The first kappa shape index (κ1) is 9.90. The number of carbonyl (C=O) groups excluding carboxylic acids is 2. The van der Waals surface area contributed by atoms with Crippen molar-refractivity contribution in [2.75, 3.05) is 6.54 Å². The second-order valence-corrected chi connectivity index (χ2v) is 2.09. The van der Waals surface area contributed by atoms with Gasteiger partial charge < -0.3 is 5.32 Å². The van der Waals surface area contributed by atoms with Crippen LogP contribution in [0.5, 0.6) is 0 Å². The molecule has 0 aromatic heterocycles. The summed E-state index contributed by atoms with van der Waals surface area (Å²) in [4.78, 5) is 21.2. The zero-order valence-corrected chi connectivity index (χ0v) is 6.52. The van der Waals surface area contributed by atoms with Crippen molar-refractivity contribution in [1.82, 2.24) is 10.7 Å². The number of nitrogens with two attached hydrogens (primary N) is 1. The summed E-state index contributed by atoms with van der Waals surface area (Å²) in [5, 5.41) is 2.40. The summed E-state index contributed by atoms with van der Waals surface area (Å²) in [6.45, 7) is 1.85. The Labute approximate surface area is 65.3 Å². The Hall–Kier alpha value is -1.10. The van der Waals surface area contributed by atoms with E-state index in [1.807, 2.05) is 12.3 Å². The number of amides is 2. The third-order valence-electron chi connectivity index (χ3n) is 1.08. The third kappa shape index (κ3) is 5.35. The maximum atomic E-state index is 10.7. The van der Waals surface area contributed by atoms with Crippen LogP contribution in [-0.4, -0.2) is 18.4 Å². The monoisotopic (exact) mass is 159 g/mol. The van der Waals surface area contributed by atoms with E-state index in [1.54, 1.807) is 0 Å². The van der Waals surface area contributed by atoms with E-state index in [0.717, 1.165) is 6.42 Å². The maximum absolute atomic E-state index is 10.7. The third-order valence-corrected chi connectivity index (χ3v) is 1.08. The van der Waals surface area contributed by atoms with Crippen molar-refractivity contribution in [1.29, 1.82) is 0 Å². The first-order chi connectivity index (χ1) is 5.20. The summed E-state index contributed by atoms with van der Waals surface area (Å²) >= 11 is 0. The van der Waals surface area contributed by atoms with Crippen LogP contribution >= 0.6 is 0 Å². The van der Waals surface area contributed by atoms with Crippen molar-refractivity contribution in [2.45, 2.75) is 19.8 Å². The number of carbonyl (C=O) groups is 2. The SMILES string of the molecule is CCCC(=O)NCC(=O)NN. The van der Waals surface area contributed by atoms with Crippen molar-refractivity contribution in [2.24, 2.45) is 5.84 Å². The van der Waals surface area contributed by atoms with Crippen molar-refractivity contribution in [3.63, 3.8) is 0 Å². The molecule has 0 saturated carbocycles. The van der Waals surface area contributed by atoms with Gasteiger partial charge in [-0.2, -0.15) is 0 Å².